The number of ether oxygens (including phenoxy) is 1. The monoisotopic (exact) mass is 460 g/mol. The van der Waals surface area contributed by atoms with Gasteiger partial charge in [-0.2, -0.15) is 4.37 Å². The molecule has 0 fully saturated rings. The molecular formula is C26H28N4O2S. The van der Waals surface area contributed by atoms with Crippen LogP contribution in [0.3, 0.4) is 0 Å². The average Bonchev–Trinajstić information content (AvgIpc) is 3.23. The Balaban J connectivity index is 1.23. The van der Waals surface area contributed by atoms with Crippen LogP contribution < -0.4 is 20.7 Å². The van der Waals surface area contributed by atoms with E-state index in [1.54, 1.807) is 0 Å². The molecule has 3 aromatic carbocycles. The zero-order valence-electron chi connectivity index (χ0n) is 18.8. The first kappa shape index (κ1) is 22.6. The Labute approximate surface area is 198 Å². The molecule has 0 saturated carbocycles. The number of carbonyl (C=O) groups excluding carboxylic acids is 1. The highest BCUT2D eigenvalue weighted by atomic mass is 32.1. The van der Waals surface area contributed by atoms with Crippen molar-refractivity contribution < 1.29 is 9.53 Å². The summed E-state index contributed by atoms with van der Waals surface area (Å²) in [6.45, 7) is 5.33. The summed E-state index contributed by atoms with van der Waals surface area (Å²) in [6.07, 6.45) is 0.900. The molecule has 170 valence electrons. The molecule has 1 heterocycles. The third kappa shape index (κ3) is 6.02. The molecule has 0 aliphatic rings. The van der Waals surface area contributed by atoms with E-state index in [1.165, 1.54) is 16.2 Å². The molecule has 0 saturated heterocycles. The van der Waals surface area contributed by atoms with Crippen LogP contribution in [0.2, 0.25) is 0 Å². The fourth-order valence-electron chi connectivity index (χ4n) is 3.48. The standard InChI is InChI=1S/C26H28N4O2S/c1-18(2)32-23-10-5-3-8-21(23)19-12-14-20(15-13-19)29-26(31)28-17-7-16-27-25-22-9-4-6-11-24(22)33-30-25/h3-6,8-15,18H,7,16-17H2,1-2H3,(H,27,30)(H2,28,29,31). The number of benzene rings is 3. The van der Waals surface area contributed by atoms with Crippen LogP contribution in [0.4, 0.5) is 16.3 Å². The molecule has 0 spiro atoms. The maximum atomic E-state index is 12.2. The molecule has 0 unspecified atom stereocenters. The Morgan fingerprint density at radius 2 is 1.73 bits per heavy atom. The zero-order chi connectivity index (χ0) is 23.0. The normalized spacial score (nSPS) is 10.9. The van der Waals surface area contributed by atoms with Crippen molar-refractivity contribution in [3.8, 4) is 16.9 Å². The van der Waals surface area contributed by atoms with E-state index in [4.69, 9.17) is 4.74 Å². The number of amides is 2. The minimum atomic E-state index is -0.217. The zero-order valence-corrected chi connectivity index (χ0v) is 19.6. The summed E-state index contributed by atoms with van der Waals surface area (Å²) in [6, 6.07) is 23.7. The Kier molecular flexibility index (Phi) is 7.42. The highest BCUT2D eigenvalue weighted by Crippen LogP contribution is 2.31. The topological polar surface area (TPSA) is 75.3 Å². The van der Waals surface area contributed by atoms with E-state index in [0.717, 1.165) is 46.7 Å². The average molecular weight is 461 g/mol. The second-order valence-electron chi connectivity index (χ2n) is 7.93. The predicted octanol–water partition coefficient (Wildman–Crippen LogP) is 6.37. The van der Waals surface area contributed by atoms with E-state index in [9.17, 15) is 4.79 Å². The van der Waals surface area contributed by atoms with Gasteiger partial charge >= 0.3 is 6.03 Å². The summed E-state index contributed by atoms with van der Waals surface area (Å²) in [5.74, 6) is 1.76. The van der Waals surface area contributed by atoms with Crippen LogP contribution in [0.15, 0.2) is 72.8 Å². The molecule has 4 aromatic rings. The van der Waals surface area contributed by atoms with Crippen LogP contribution in [0.25, 0.3) is 21.2 Å². The second kappa shape index (κ2) is 10.8. The van der Waals surface area contributed by atoms with Gasteiger partial charge in [0.25, 0.3) is 0 Å². The molecule has 4 rings (SSSR count). The Bertz CT molecular complexity index is 1200. The smallest absolute Gasteiger partial charge is 0.319 e. The second-order valence-corrected chi connectivity index (χ2v) is 8.73. The van der Waals surface area contributed by atoms with Gasteiger partial charge in [0.15, 0.2) is 0 Å². The van der Waals surface area contributed by atoms with Crippen LogP contribution in [0.1, 0.15) is 20.3 Å². The summed E-state index contributed by atoms with van der Waals surface area (Å²) in [5.41, 5.74) is 2.81. The summed E-state index contributed by atoms with van der Waals surface area (Å²) in [4.78, 5) is 12.2. The van der Waals surface area contributed by atoms with Crippen molar-refractivity contribution in [2.75, 3.05) is 23.7 Å². The van der Waals surface area contributed by atoms with Crippen LogP contribution in [0, 0.1) is 0 Å². The molecule has 0 aliphatic carbocycles. The van der Waals surface area contributed by atoms with Crippen LogP contribution in [-0.2, 0) is 0 Å². The van der Waals surface area contributed by atoms with Gasteiger partial charge in [0.05, 0.1) is 10.8 Å². The van der Waals surface area contributed by atoms with Crippen LogP contribution in [-0.4, -0.2) is 29.6 Å². The van der Waals surface area contributed by atoms with E-state index in [-0.39, 0.29) is 12.1 Å². The molecule has 0 aliphatic heterocycles. The molecule has 1 aromatic heterocycles. The third-order valence-corrected chi connectivity index (χ3v) is 5.84. The van der Waals surface area contributed by atoms with Crippen LogP contribution in [0.5, 0.6) is 5.75 Å². The maximum Gasteiger partial charge on any atom is 0.319 e. The van der Waals surface area contributed by atoms with E-state index in [2.05, 4.69) is 32.5 Å². The van der Waals surface area contributed by atoms with Gasteiger partial charge in [-0.15, -0.1) is 0 Å². The van der Waals surface area contributed by atoms with Crippen molar-refractivity contribution in [2.45, 2.75) is 26.4 Å². The van der Waals surface area contributed by atoms with Crippen molar-refractivity contribution in [3.05, 3.63) is 72.8 Å². The first-order valence-corrected chi connectivity index (χ1v) is 11.9. The molecule has 3 N–H and O–H groups in total. The minimum Gasteiger partial charge on any atom is -0.490 e. The number of para-hydroxylation sites is 1. The van der Waals surface area contributed by atoms with Crippen molar-refractivity contribution in [2.24, 2.45) is 0 Å². The molecular weight excluding hydrogens is 432 g/mol. The first-order valence-electron chi connectivity index (χ1n) is 11.1. The van der Waals surface area contributed by atoms with Gasteiger partial charge in [-0.25, -0.2) is 4.79 Å². The van der Waals surface area contributed by atoms with E-state index >= 15 is 0 Å². The molecule has 0 bridgehead atoms. The highest BCUT2D eigenvalue weighted by Gasteiger charge is 2.08. The van der Waals surface area contributed by atoms with Gasteiger partial charge in [-0.05, 0) is 67.7 Å². The Morgan fingerprint density at radius 1 is 0.970 bits per heavy atom. The Morgan fingerprint density at radius 3 is 2.55 bits per heavy atom. The number of carbonyl (C=O) groups is 1. The summed E-state index contributed by atoms with van der Waals surface area (Å²) in [5, 5.41) is 10.3. The van der Waals surface area contributed by atoms with Gasteiger partial charge in [0.1, 0.15) is 11.6 Å². The third-order valence-electron chi connectivity index (χ3n) is 5.01. The van der Waals surface area contributed by atoms with Crippen molar-refractivity contribution in [3.63, 3.8) is 0 Å². The van der Waals surface area contributed by atoms with E-state index in [0.29, 0.717) is 6.54 Å². The lowest BCUT2D eigenvalue weighted by atomic mass is 10.0. The van der Waals surface area contributed by atoms with Gasteiger partial charge < -0.3 is 20.7 Å². The number of anilines is 2. The molecule has 33 heavy (non-hydrogen) atoms. The maximum absolute atomic E-state index is 12.2. The lowest BCUT2D eigenvalue weighted by molar-refractivity contribution is 0.243. The van der Waals surface area contributed by atoms with Crippen molar-refractivity contribution in [1.82, 2.24) is 9.69 Å². The quantitative estimate of drug-likeness (QED) is 0.254. The summed E-state index contributed by atoms with van der Waals surface area (Å²) < 4.78 is 11.5. The number of nitrogens with one attached hydrogen (secondary N) is 3. The molecule has 7 heteroatoms. The molecule has 0 atom stereocenters. The minimum absolute atomic E-state index is 0.104. The molecule has 2 amide bonds. The van der Waals surface area contributed by atoms with Gasteiger partial charge in [-0.1, -0.05) is 42.5 Å². The van der Waals surface area contributed by atoms with E-state index in [1.807, 2.05) is 74.5 Å². The van der Waals surface area contributed by atoms with Gasteiger partial charge in [-0.3, -0.25) is 0 Å². The number of rotatable bonds is 9. The molecule has 6 nitrogen and oxygen atoms in total. The number of nitrogens with zero attached hydrogens (tertiary/aromatic N) is 1. The number of hydrogen-bond donors (Lipinski definition) is 3. The fraction of sp³-hybridized carbons (Fsp3) is 0.231. The number of urea groups is 1. The lowest BCUT2D eigenvalue weighted by Gasteiger charge is -2.14. The SMILES string of the molecule is CC(C)Oc1ccccc1-c1ccc(NC(=O)NCCCNc2nsc3ccccc23)cc1. The van der Waals surface area contributed by atoms with Crippen LogP contribution >= 0.6 is 11.5 Å². The fourth-order valence-corrected chi connectivity index (χ4v) is 4.24. The summed E-state index contributed by atoms with van der Waals surface area (Å²) >= 11 is 1.49. The van der Waals surface area contributed by atoms with Gasteiger partial charge in [0, 0.05) is 29.7 Å². The summed E-state index contributed by atoms with van der Waals surface area (Å²) in [7, 11) is 0. The predicted molar refractivity (Wildman–Crippen MR) is 137 cm³/mol. The largest absolute Gasteiger partial charge is 0.490 e. The molecule has 0 radical (unpaired) electrons. The van der Waals surface area contributed by atoms with Gasteiger partial charge in [0.2, 0.25) is 0 Å². The van der Waals surface area contributed by atoms with Crippen molar-refractivity contribution >= 4 is 39.2 Å². The number of hydrogen-bond acceptors (Lipinski definition) is 5. The van der Waals surface area contributed by atoms with E-state index < -0.39 is 0 Å². The van der Waals surface area contributed by atoms with Crippen molar-refractivity contribution in [1.29, 1.82) is 0 Å². The Hall–Kier alpha value is -3.58. The number of fused-ring (bicyclic) bond motifs is 1. The number of aromatic nitrogens is 1. The first-order chi connectivity index (χ1) is 16.1. The highest BCUT2D eigenvalue weighted by molar-refractivity contribution is 7.13. The lowest BCUT2D eigenvalue weighted by Crippen LogP contribution is -2.30.